The second-order valence-electron chi connectivity index (χ2n) is 5.65. The van der Waals surface area contributed by atoms with E-state index in [2.05, 4.69) is 25.1 Å². The van der Waals surface area contributed by atoms with E-state index in [1.165, 1.54) is 17.3 Å². The van der Waals surface area contributed by atoms with Gasteiger partial charge in [-0.2, -0.15) is 0 Å². The summed E-state index contributed by atoms with van der Waals surface area (Å²) in [6.45, 7) is 2.04. The topological polar surface area (TPSA) is 87.3 Å². The molecule has 2 aromatic heterocycles. The predicted octanol–water partition coefficient (Wildman–Crippen LogP) is 3.31. The van der Waals surface area contributed by atoms with Gasteiger partial charge in [-0.15, -0.1) is 5.10 Å². The molecule has 7 heteroatoms. The van der Waals surface area contributed by atoms with Crippen molar-refractivity contribution in [3.63, 3.8) is 0 Å². The van der Waals surface area contributed by atoms with E-state index in [9.17, 15) is 4.79 Å². The Kier molecular flexibility index (Phi) is 4.07. The Bertz CT molecular complexity index is 1080. The van der Waals surface area contributed by atoms with E-state index in [0.717, 1.165) is 11.4 Å². The minimum atomic E-state index is -0.128. The molecule has 0 unspecified atom stereocenters. The summed E-state index contributed by atoms with van der Waals surface area (Å²) in [5, 5.41) is 8.38. The second-order valence-corrected chi connectivity index (χ2v) is 6.59. The van der Waals surface area contributed by atoms with E-state index in [4.69, 9.17) is 0 Å². The molecule has 0 aliphatic carbocycles. The lowest BCUT2D eigenvalue weighted by Gasteiger charge is -2.01. The lowest BCUT2D eigenvalue weighted by molar-refractivity contribution is 0.966. The third-order valence-corrected chi connectivity index (χ3v) is 4.65. The smallest absolute Gasteiger partial charge is 0.258 e. The molecule has 0 radical (unpaired) electrons. The van der Waals surface area contributed by atoms with Crippen LogP contribution in [-0.4, -0.2) is 25.1 Å². The van der Waals surface area contributed by atoms with Crippen LogP contribution in [0, 0.1) is 6.92 Å². The molecule has 0 saturated carbocycles. The number of nitrogens with one attached hydrogen (secondary N) is 2. The van der Waals surface area contributed by atoms with Gasteiger partial charge in [-0.3, -0.25) is 9.89 Å². The first kappa shape index (κ1) is 15.6. The minimum absolute atomic E-state index is 0.128. The molecule has 0 spiro atoms. The largest absolute Gasteiger partial charge is 0.309 e. The Morgan fingerprint density at radius 1 is 1.04 bits per heavy atom. The lowest BCUT2D eigenvalue weighted by atomic mass is 10.1. The number of fused-ring (bicyclic) bond motifs is 1. The summed E-state index contributed by atoms with van der Waals surface area (Å²) in [6, 6.07) is 15.4. The fourth-order valence-corrected chi connectivity index (χ4v) is 3.16. The molecule has 0 amide bonds. The fraction of sp³-hybridized carbons (Fsp3) is 0.111. The average molecular weight is 349 g/mol. The Balaban J connectivity index is 1.52. The number of benzene rings is 2. The highest BCUT2D eigenvalue weighted by molar-refractivity contribution is 7.98. The van der Waals surface area contributed by atoms with Crippen molar-refractivity contribution in [1.29, 1.82) is 0 Å². The van der Waals surface area contributed by atoms with Crippen molar-refractivity contribution in [1.82, 2.24) is 25.1 Å². The quantitative estimate of drug-likeness (QED) is 0.552. The molecule has 2 heterocycles. The predicted molar refractivity (Wildman–Crippen MR) is 98.5 cm³/mol. The van der Waals surface area contributed by atoms with Crippen molar-refractivity contribution in [2.75, 3.05) is 0 Å². The van der Waals surface area contributed by atoms with Crippen molar-refractivity contribution >= 4 is 22.7 Å². The summed E-state index contributed by atoms with van der Waals surface area (Å²) in [5.74, 6) is 1.82. The summed E-state index contributed by atoms with van der Waals surface area (Å²) in [4.78, 5) is 23.9. The Morgan fingerprint density at radius 2 is 1.84 bits per heavy atom. The maximum atomic E-state index is 12.1. The highest BCUT2D eigenvalue weighted by atomic mass is 32.2. The highest BCUT2D eigenvalue weighted by Crippen LogP contribution is 2.21. The van der Waals surface area contributed by atoms with Crippen LogP contribution in [0.15, 0.2) is 58.5 Å². The molecule has 0 aliphatic heterocycles. The number of aromatic nitrogens is 5. The Morgan fingerprint density at radius 3 is 2.68 bits per heavy atom. The van der Waals surface area contributed by atoms with Gasteiger partial charge in [-0.25, -0.2) is 9.97 Å². The normalized spacial score (nSPS) is 11.1. The van der Waals surface area contributed by atoms with Gasteiger partial charge in [0.1, 0.15) is 5.82 Å². The van der Waals surface area contributed by atoms with E-state index in [1.54, 1.807) is 6.07 Å². The molecule has 6 nitrogen and oxygen atoms in total. The highest BCUT2D eigenvalue weighted by Gasteiger charge is 2.08. The van der Waals surface area contributed by atoms with Gasteiger partial charge in [0.15, 0.2) is 5.82 Å². The van der Waals surface area contributed by atoms with Crippen LogP contribution < -0.4 is 5.56 Å². The second kappa shape index (κ2) is 6.52. The maximum absolute atomic E-state index is 12.1. The van der Waals surface area contributed by atoms with Gasteiger partial charge in [0, 0.05) is 5.56 Å². The van der Waals surface area contributed by atoms with Crippen LogP contribution in [0.4, 0.5) is 0 Å². The fourth-order valence-electron chi connectivity index (χ4n) is 2.49. The van der Waals surface area contributed by atoms with Crippen molar-refractivity contribution < 1.29 is 0 Å². The van der Waals surface area contributed by atoms with Crippen LogP contribution in [-0.2, 0) is 5.75 Å². The molecule has 25 heavy (non-hydrogen) atoms. The number of nitrogens with zero attached hydrogens (tertiary/aromatic N) is 3. The Hall–Kier alpha value is -2.93. The molecular formula is C18H15N5OS. The van der Waals surface area contributed by atoms with E-state index in [0.29, 0.717) is 27.6 Å². The van der Waals surface area contributed by atoms with Crippen molar-refractivity contribution in [3.8, 4) is 11.4 Å². The monoisotopic (exact) mass is 349 g/mol. The molecule has 0 saturated heterocycles. The van der Waals surface area contributed by atoms with Crippen LogP contribution in [0.5, 0.6) is 0 Å². The van der Waals surface area contributed by atoms with Crippen molar-refractivity contribution in [2.45, 2.75) is 17.8 Å². The van der Waals surface area contributed by atoms with Crippen LogP contribution >= 0.6 is 11.8 Å². The molecule has 0 fully saturated rings. The number of rotatable bonds is 4. The first-order valence-corrected chi connectivity index (χ1v) is 8.78. The average Bonchev–Trinajstić information content (AvgIpc) is 3.10. The van der Waals surface area contributed by atoms with Crippen LogP contribution in [0.3, 0.4) is 0 Å². The van der Waals surface area contributed by atoms with E-state index >= 15 is 0 Å². The molecule has 0 bridgehead atoms. The number of thioether (sulfide) groups is 1. The number of hydrogen-bond donors (Lipinski definition) is 2. The maximum Gasteiger partial charge on any atom is 0.258 e. The van der Waals surface area contributed by atoms with Crippen LogP contribution in [0.25, 0.3) is 22.3 Å². The van der Waals surface area contributed by atoms with Crippen LogP contribution in [0.1, 0.15) is 11.4 Å². The van der Waals surface area contributed by atoms with Gasteiger partial charge in [0.2, 0.25) is 5.16 Å². The third kappa shape index (κ3) is 3.32. The number of aromatic amines is 2. The third-order valence-electron chi connectivity index (χ3n) is 3.79. The van der Waals surface area contributed by atoms with Crippen molar-refractivity contribution in [3.05, 3.63) is 70.3 Å². The molecule has 0 atom stereocenters. The summed E-state index contributed by atoms with van der Waals surface area (Å²) in [5.41, 5.74) is 2.75. The summed E-state index contributed by atoms with van der Waals surface area (Å²) < 4.78 is 0. The summed E-state index contributed by atoms with van der Waals surface area (Å²) >= 11 is 1.42. The van der Waals surface area contributed by atoms with Gasteiger partial charge in [-0.05, 0) is 19.1 Å². The van der Waals surface area contributed by atoms with Gasteiger partial charge in [0.05, 0.1) is 16.7 Å². The summed E-state index contributed by atoms with van der Waals surface area (Å²) in [6.07, 6.45) is 0. The Labute approximate surface area is 147 Å². The molecule has 4 rings (SSSR count). The zero-order valence-corrected chi connectivity index (χ0v) is 14.3. The van der Waals surface area contributed by atoms with E-state index < -0.39 is 0 Å². The van der Waals surface area contributed by atoms with Crippen LogP contribution in [0.2, 0.25) is 0 Å². The van der Waals surface area contributed by atoms with E-state index in [-0.39, 0.29) is 5.56 Å². The standard InChI is InChI=1S/C18H15N5OS/c1-11-6-8-12(9-7-11)16-21-18(23-22-16)25-10-15-19-14-5-3-2-4-13(14)17(24)20-15/h2-9H,10H2,1H3,(H,19,20,24)(H,21,22,23). The molecular weight excluding hydrogens is 334 g/mol. The van der Waals surface area contributed by atoms with Gasteiger partial charge in [-0.1, -0.05) is 53.7 Å². The number of aryl methyl sites for hydroxylation is 1. The molecule has 0 aliphatic rings. The number of H-pyrrole nitrogens is 2. The number of para-hydroxylation sites is 1. The van der Waals surface area contributed by atoms with Crippen molar-refractivity contribution in [2.24, 2.45) is 0 Å². The van der Waals surface area contributed by atoms with Gasteiger partial charge < -0.3 is 4.98 Å². The van der Waals surface area contributed by atoms with E-state index in [1.807, 2.05) is 49.4 Å². The molecule has 4 aromatic rings. The zero-order valence-electron chi connectivity index (χ0n) is 13.5. The first-order chi connectivity index (χ1) is 12.2. The summed E-state index contributed by atoms with van der Waals surface area (Å²) in [7, 11) is 0. The zero-order chi connectivity index (χ0) is 17.2. The minimum Gasteiger partial charge on any atom is -0.309 e. The molecule has 2 aromatic carbocycles. The van der Waals surface area contributed by atoms with Gasteiger partial charge >= 0.3 is 0 Å². The number of hydrogen-bond acceptors (Lipinski definition) is 5. The lowest BCUT2D eigenvalue weighted by Crippen LogP contribution is -2.11. The SMILES string of the molecule is Cc1ccc(-c2nc(SCc3nc4ccccc4c(=O)[nH]3)n[nH]2)cc1. The first-order valence-electron chi connectivity index (χ1n) is 7.79. The molecule has 124 valence electrons. The van der Waals surface area contributed by atoms with Gasteiger partial charge in [0.25, 0.3) is 5.56 Å². The molecule has 2 N–H and O–H groups in total.